The van der Waals surface area contributed by atoms with Gasteiger partial charge in [0.15, 0.2) is 35.3 Å². The number of amides is 1. The van der Waals surface area contributed by atoms with Crippen molar-refractivity contribution in [3.8, 4) is 17.0 Å². The van der Waals surface area contributed by atoms with Crippen molar-refractivity contribution in [2.75, 3.05) is 42.5 Å². The number of pyridine rings is 1. The van der Waals surface area contributed by atoms with E-state index in [4.69, 9.17) is 15.2 Å². The lowest BCUT2D eigenvalue weighted by Gasteiger charge is -2.44. The zero-order valence-corrected chi connectivity index (χ0v) is 26.7. The van der Waals surface area contributed by atoms with E-state index in [0.717, 1.165) is 12.1 Å². The fourth-order valence-electron chi connectivity index (χ4n) is 5.89. The number of imidazole rings is 1. The molecule has 2 atom stereocenters. The summed E-state index contributed by atoms with van der Waals surface area (Å²) in [6.07, 6.45) is -0.998. The molecule has 17 heteroatoms. The number of hydrogen-bond donors (Lipinski definition) is 4. The van der Waals surface area contributed by atoms with Crippen LogP contribution in [0.2, 0.25) is 0 Å². The Balaban J connectivity index is 1.30. The second-order valence-corrected chi connectivity index (χ2v) is 11.7. The van der Waals surface area contributed by atoms with Crippen molar-refractivity contribution in [1.29, 1.82) is 0 Å². The third-order valence-electron chi connectivity index (χ3n) is 8.41. The van der Waals surface area contributed by atoms with Crippen LogP contribution in [0.4, 0.5) is 39.5 Å². The van der Waals surface area contributed by atoms with Gasteiger partial charge in [-0.15, -0.1) is 0 Å². The molecule has 3 aromatic heterocycles. The summed E-state index contributed by atoms with van der Waals surface area (Å²) in [7, 11) is 1.22. The summed E-state index contributed by atoms with van der Waals surface area (Å²) in [4.78, 5) is 31.4. The number of aliphatic hydroxyl groups excluding tert-OH is 1. The molecule has 1 fully saturated rings. The number of halogens is 4. The SMILES string of the molecule is COc1cc(F)c(-c2cc(Cn3cnc4c(NCOC(=O)Nc5ccccc5)ncnc43)c(N3CCC[C@](N)([C@H](O)C(F)F)C3)cn2)cc1F. The number of aromatic nitrogens is 5. The number of methoxy groups -OCH3 is 1. The van der Waals surface area contributed by atoms with E-state index < -0.39 is 35.8 Å². The summed E-state index contributed by atoms with van der Waals surface area (Å²) in [6, 6.07) is 12.2. The van der Waals surface area contributed by atoms with Crippen LogP contribution in [0.3, 0.4) is 0 Å². The number of fused-ring (bicyclic) bond motifs is 1. The summed E-state index contributed by atoms with van der Waals surface area (Å²) in [5, 5.41) is 15.8. The van der Waals surface area contributed by atoms with Crippen molar-refractivity contribution in [1.82, 2.24) is 24.5 Å². The van der Waals surface area contributed by atoms with Crippen molar-refractivity contribution in [2.45, 2.75) is 37.5 Å². The van der Waals surface area contributed by atoms with Crippen LogP contribution in [0.15, 0.2) is 67.4 Å². The van der Waals surface area contributed by atoms with E-state index in [9.17, 15) is 23.1 Å². The molecule has 1 amide bonds. The first kappa shape index (κ1) is 34.3. The predicted octanol–water partition coefficient (Wildman–Crippen LogP) is 4.77. The molecule has 5 N–H and O–H groups in total. The molecule has 13 nitrogen and oxygen atoms in total. The van der Waals surface area contributed by atoms with Crippen LogP contribution < -0.4 is 26.0 Å². The van der Waals surface area contributed by atoms with Gasteiger partial charge >= 0.3 is 6.09 Å². The molecule has 1 aliphatic heterocycles. The Bertz CT molecular complexity index is 1980. The van der Waals surface area contributed by atoms with Crippen molar-refractivity contribution < 1.29 is 36.9 Å². The number of carbonyl (C=O) groups excluding carboxylic acids is 1. The molecule has 4 heterocycles. The monoisotopic (exact) mass is 695 g/mol. The maximum absolute atomic E-state index is 15.2. The molecule has 0 radical (unpaired) electrons. The summed E-state index contributed by atoms with van der Waals surface area (Å²) in [5.74, 6) is -1.56. The number of ether oxygens (including phenoxy) is 2. The maximum Gasteiger partial charge on any atom is 0.413 e. The van der Waals surface area contributed by atoms with E-state index in [1.807, 2.05) is 6.07 Å². The van der Waals surface area contributed by atoms with Crippen molar-refractivity contribution in [3.05, 3.63) is 84.6 Å². The first-order valence-electron chi connectivity index (χ1n) is 15.5. The molecule has 6 rings (SSSR count). The molecule has 1 saturated heterocycles. The van der Waals surface area contributed by atoms with Crippen LogP contribution in [-0.2, 0) is 11.3 Å². The highest BCUT2D eigenvalue weighted by Crippen LogP contribution is 2.35. The molecule has 0 unspecified atom stereocenters. The number of alkyl halides is 2. The van der Waals surface area contributed by atoms with Crippen LogP contribution in [0, 0.1) is 11.6 Å². The smallest absolute Gasteiger partial charge is 0.413 e. The van der Waals surface area contributed by atoms with E-state index in [-0.39, 0.29) is 49.1 Å². The van der Waals surface area contributed by atoms with Gasteiger partial charge in [0.25, 0.3) is 6.43 Å². The lowest BCUT2D eigenvalue weighted by molar-refractivity contribution is -0.0529. The number of nitrogens with zero attached hydrogens (tertiary/aromatic N) is 6. The number of nitrogens with one attached hydrogen (secondary N) is 2. The normalized spacial score (nSPS) is 16.8. The van der Waals surface area contributed by atoms with Crippen LogP contribution in [0.25, 0.3) is 22.4 Å². The molecule has 2 aromatic carbocycles. The van der Waals surface area contributed by atoms with Gasteiger partial charge in [0.2, 0.25) is 0 Å². The molecular weight excluding hydrogens is 662 g/mol. The molecule has 50 heavy (non-hydrogen) atoms. The lowest BCUT2D eigenvalue weighted by Crippen LogP contribution is -2.63. The van der Waals surface area contributed by atoms with E-state index in [0.29, 0.717) is 41.1 Å². The minimum Gasteiger partial charge on any atom is -0.494 e. The molecule has 5 aromatic rings. The van der Waals surface area contributed by atoms with Gasteiger partial charge in [-0.1, -0.05) is 18.2 Å². The topological polar surface area (TPSA) is 166 Å². The fourth-order valence-corrected chi connectivity index (χ4v) is 5.89. The number of aliphatic hydroxyl groups is 1. The van der Waals surface area contributed by atoms with Gasteiger partial charge in [-0.2, -0.15) is 0 Å². The average molecular weight is 696 g/mol. The number of piperidine rings is 1. The molecular formula is C33H33F4N9O4. The third-order valence-corrected chi connectivity index (χ3v) is 8.41. The third kappa shape index (κ3) is 7.23. The van der Waals surface area contributed by atoms with Crippen LogP contribution in [0.5, 0.6) is 5.75 Å². The largest absolute Gasteiger partial charge is 0.494 e. The van der Waals surface area contributed by atoms with Crippen molar-refractivity contribution >= 4 is 34.4 Å². The average Bonchev–Trinajstić information content (AvgIpc) is 3.52. The molecule has 0 bridgehead atoms. The molecule has 0 saturated carbocycles. The Hall–Kier alpha value is -5.55. The van der Waals surface area contributed by atoms with Gasteiger partial charge < -0.3 is 35.1 Å². The summed E-state index contributed by atoms with van der Waals surface area (Å²) in [6.45, 7) is 0.128. The van der Waals surface area contributed by atoms with E-state index in [1.165, 1.54) is 26.0 Å². The zero-order chi connectivity index (χ0) is 35.4. The van der Waals surface area contributed by atoms with Gasteiger partial charge in [-0.3, -0.25) is 10.3 Å². The number of para-hydroxylation sites is 1. The van der Waals surface area contributed by atoms with Gasteiger partial charge in [-0.05, 0) is 42.7 Å². The Labute approximate surface area is 283 Å². The summed E-state index contributed by atoms with van der Waals surface area (Å²) >= 11 is 0. The quantitative estimate of drug-likeness (QED) is 0.111. The van der Waals surface area contributed by atoms with Crippen molar-refractivity contribution in [2.24, 2.45) is 5.73 Å². The molecule has 0 spiro atoms. The first-order chi connectivity index (χ1) is 24.1. The second-order valence-electron chi connectivity index (χ2n) is 11.7. The lowest BCUT2D eigenvalue weighted by atomic mass is 9.84. The van der Waals surface area contributed by atoms with Gasteiger partial charge in [0.05, 0.1) is 43.1 Å². The Morgan fingerprint density at radius 2 is 1.90 bits per heavy atom. The zero-order valence-electron chi connectivity index (χ0n) is 26.7. The standard InChI is InChI=1S/C33H33F4N9O4/c1-49-26-12-22(34)21(11-23(26)35)24-10-19(25(13-39-24)45-9-5-8-33(38,15-45)28(47)29(36)37)14-46-17-42-27-30(40-16-41-31(27)46)43-18-50-32(48)44-20-6-3-2-4-7-20/h2-4,6-7,10-13,16-17,28-29,47H,5,8-9,14-15,18,38H2,1H3,(H,44,48)(H,40,41,43)/t28-,33-/m1/s1. The number of carbonyl (C=O) groups is 1. The van der Waals surface area contributed by atoms with Gasteiger partial charge in [0, 0.05) is 30.4 Å². The van der Waals surface area contributed by atoms with Gasteiger partial charge in [-0.25, -0.2) is 37.3 Å². The molecule has 1 aliphatic rings. The highest BCUT2D eigenvalue weighted by Gasteiger charge is 2.43. The Morgan fingerprint density at radius 1 is 1.10 bits per heavy atom. The fraction of sp³-hybridized carbons (Fsp3) is 0.303. The first-order valence-corrected chi connectivity index (χ1v) is 15.5. The number of anilines is 3. The minimum absolute atomic E-state index is 0.0690. The number of benzene rings is 2. The van der Waals surface area contributed by atoms with Gasteiger partial charge in [0.1, 0.15) is 18.2 Å². The second kappa shape index (κ2) is 14.5. The number of rotatable bonds is 11. The highest BCUT2D eigenvalue weighted by atomic mass is 19.3. The van der Waals surface area contributed by atoms with E-state index >= 15 is 4.39 Å². The van der Waals surface area contributed by atoms with Crippen LogP contribution >= 0.6 is 0 Å². The summed E-state index contributed by atoms with van der Waals surface area (Å²) in [5.41, 5.74) is 6.96. The summed E-state index contributed by atoms with van der Waals surface area (Å²) < 4.78 is 68.8. The van der Waals surface area contributed by atoms with E-state index in [2.05, 4.69) is 30.6 Å². The minimum atomic E-state index is -3.05. The number of hydrogen-bond acceptors (Lipinski definition) is 11. The van der Waals surface area contributed by atoms with Crippen LogP contribution in [0.1, 0.15) is 18.4 Å². The Morgan fingerprint density at radius 3 is 2.66 bits per heavy atom. The molecule has 262 valence electrons. The molecule has 0 aliphatic carbocycles. The number of nitrogens with two attached hydrogens (primary N) is 1. The maximum atomic E-state index is 15.2. The van der Waals surface area contributed by atoms with E-state index in [1.54, 1.807) is 39.8 Å². The van der Waals surface area contributed by atoms with Crippen molar-refractivity contribution in [3.63, 3.8) is 0 Å². The highest BCUT2D eigenvalue weighted by molar-refractivity contribution is 5.85. The van der Waals surface area contributed by atoms with Crippen LogP contribution in [-0.4, -0.2) is 80.7 Å². The predicted molar refractivity (Wildman–Crippen MR) is 176 cm³/mol. The Kier molecular flexibility index (Phi) is 9.96.